The Bertz CT molecular complexity index is 597. The van der Waals surface area contributed by atoms with E-state index in [0.29, 0.717) is 13.1 Å². The molecule has 23 heavy (non-hydrogen) atoms. The lowest BCUT2D eigenvalue weighted by Crippen LogP contribution is -2.46. The molecule has 0 radical (unpaired) electrons. The van der Waals surface area contributed by atoms with Gasteiger partial charge in [-0.25, -0.2) is 0 Å². The zero-order valence-electron chi connectivity index (χ0n) is 13.6. The van der Waals surface area contributed by atoms with Gasteiger partial charge in [-0.3, -0.25) is 0 Å². The Balaban J connectivity index is 1.75. The molecule has 2 fully saturated rings. The molecule has 0 bridgehead atoms. The zero-order valence-corrected chi connectivity index (χ0v) is 15.2. The first kappa shape index (κ1) is 17.4. The van der Waals surface area contributed by atoms with Crippen molar-refractivity contribution in [2.45, 2.75) is 44.1 Å². The first-order valence-electron chi connectivity index (χ1n) is 8.40. The van der Waals surface area contributed by atoms with Crippen LogP contribution in [-0.4, -0.2) is 54.9 Å². The summed E-state index contributed by atoms with van der Waals surface area (Å²) in [4.78, 5) is 0. The lowest BCUT2D eigenvalue weighted by Gasteiger charge is -2.33. The molecule has 1 saturated carbocycles. The van der Waals surface area contributed by atoms with Gasteiger partial charge in [-0.1, -0.05) is 19.3 Å². The molecule has 130 valence electrons. The largest absolute Gasteiger partial charge is 0.396 e. The Morgan fingerprint density at radius 1 is 1.30 bits per heavy atom. The van der Waals surface area contributed by atoms with Crippen molar-refractivity contribution in [3.63, 3.8) is 0 Å². The highest BCUT2D eigenvalue weighted by atomic mass is 32.2. The summed E-state index contributed by atoms with van der Waals surface area (Å²) >= 11 is 1.62. The van der Waals surface area contributed by atoms with E-state index in [9.17, 15) is 13.5 Å². The fraction of sp³-hybridized carbons (Fsp3) is 0.750. The molecule has 2 heterocycles. The summed E-state index contributed by atoms with van der Waals surface area (Å²) in [6.07, 6.45) is 5.35. The van der Waals surface area contributed by atoms with Crippen LogP contribution < -0.4 is 0 Å². The molecule has 0 unspecified atom stereocenters. The van der Waals surface area contributed by atoms with Gasteiger partial charge in [-0.05, 0) is 35.2 Å². The highest BCUT2D eigenvalue weighted by Crippen LogP contribution is 2.36. The maximum Gasteiger partial charge on any atom is 0.282 e. The van der Waals surface area contributed by atoms with Crippen LogP contribution in [-0.2, 0) is 10.2 Å². The van der Waals surface area contributed by atoms with Crippen LogP contribution in [0.2, 0.25) is 0 Å². The van der Waals surface area contributed by atoms with Crippen molar-refractivity contribution in [2.24, 2.45) is 5.92 Å². The average Bonchev–Trinajstić information content (AvgIpc) is 3.23. The number of hydrogen-bond acceptors (Lipinski definition) is 4. The molecule has 1 aromatic rings. The first-order valence-corrected chi connectivity index (χ1v) is 10.7. The molecule has 0 aromatic carbocycles. The van der Waals surface area contributed by atoms with E-state index >= 15 is 0 Å². The van der Waals surface area contributed by atoms with E-state index in [0.717, 1.165) is 31.2 Å². The van der Waals surface area contributed by atoms with Crippen molar-refractivity contribution in [1.82, 2.24) is 8.61 Å². The summed E-state index contributed by atoms with van der Waals surface area (Å²) in [6.45, 7) is 0.914. The third-order valence-corrected chi connectivity index (χ3v) is 8.07. The second-order valence-electron chi connectivity index (χ2n) is 6.74. The number of aliphatic hydroxyl groups excluding tert-OH is 1. The standard InChI is InChI=1S/C16H26N2O3S2/c1-17(15-5-3-2-4-6-15)23(20,21)18-9-14(11-19)16(10-18)13-7-8-22-12-13/h7-8,12,14-16,19H,2-6,9-11H2,1H3/t14-,16+/m0/s1. The summed E-state index contributed by atoms with van der Waals surface area (Å²) < 4.78 is 29.1. The predicted molar refractivity (Wildman–Crippen MR) is 92.8 cm³/mol. The summed E-state index contributed by atoms with van der Waals surface area (Å²) in [5, 5.41) is 13.7. The van der Waals surface area contributed by atoms with Gasteiger partial charge in [-0.2, -0.15) is 28.4 Å². The maximum absolute atomic E-state index is 13.0. The first-order chi connectivity index (χ1) is 11.0. The SMILES string of the molecule is CN(C1CCCCC1)S(=O)(=O)N1C[C@@H](CO)[C@@H](c2ccsc2)C1. The molecule has 5 nitrogen and oxygen atoms in total. The highest BCUT2D eigenvalue weighted by Gasteiger charge is 2.42. The van der Waals surface area contributed by atoms with E-state index in [2.05, 4.69) is 5.38 Å². The van der Waals surface area contributed by atoms with Crippen LogP contribution in [0.3, 0.4) is 0 Å². The molecule has 1 N–H and O–H groups in total. The predicted octanol–water partition coefficient (Wildman–Crippen LogP) is 2.27. The minimum atomic E-state index is -3.45. The molecule has 1 saturated heterocycles. The molecule has 2 atom stereocenters. The number of thiophene rings is 1. The molecule has 3 rings (SSSR count). The number of hydrogen-bond donors (Lipinski definition) is 1. The topological polar surface area (TPSA) is 60.9 Å². The van der Waals surface area contributed by atoms with Crippen molar-refractivity contribution in [1.29, 1.82) is 0 Å². The van der Waals surface area contributed by atoms with Gasteiger partial charge >= 0.3 is 0 Å². The highest BCUT2D eigenvalue weighted by molar-refractivity contribution is 7.86. The Kier molecular flexibility index (Phi) is 5.42. The molecule has 0 amide bonds. The van der Waals surface area contributed by atoms with Crippen LogP contribution in [0.4, 0.5) is 0 Å². The van der Waals surface area contributed by atoms with Gasteiger partial charge in [0.25, 0.3) is 10.2 Å². The molecule has 1 aromatic heterocycles. The van der Waals surface area contributed by atoms with Gasteiger partial charge < -0.3 is 5.11 Å². The number of nitrogens with zero attached hydrogens (tertiary/aromatic N) is 2. The average molecular weight is 359 g/mol. The molecule has 1 aliphatic carbocycles. The summed E-state index contributed by atoms with van der Waals surface area (Å²) in [6, 6.07) is 2.17. The molecular formula is C16H26N2O3S2. The number of rotatable bonds is 5. The second kappa shape index (κ2) is 7.19. The van der Waals surface area contributed by atoms with Crippen LogP contribution in [0.15, 0.2) is 16.8 Å². The maximum atomic E-state index is 13.0. The number of aliphatic hydroxyl groups is 1. The summed E-state index contributed by atoms with van der Waals surface area (Å²) in [5.74, 6) is 0.0833. The lowest BCUT2D eigenvalue weighted by atomic mass is 9.92. The minimum absolute atomic E-state index is 0.0147. The Hall–Kier alpha value is -0.470. The summed E-state index contributed by atoms with van der Waals surface area (Å²) in [5.41, 5.74) is 1.15. The van der Waals surface area contributed by atoms with Crippen LogP contribution in [0.25, 0.3) is 0 Å². The van der Waals surface area contributed by atoms with Gasteiger partial charge in [0, 0.05) is 44.6 Å². The molecule has 2 aliphatic rings. The van der Waals surface area contributed by atoms with E-state index in [-0.39, 0.29) is 24.5 Å². The molecule has 0 spiro atoms. The van der Waals surface area contributed by atoms with Crippen molar-refractivity contribution in [3.8, 4) is 0 Å². The van der Waals surface area contributed by atoms with E-state index in [1.54, 1.807) is 27.0 Å². The third-order valence-electron chi connectivity index (χ3n) is 5.39. The molecular weight excluding hydrogens is 332 g/mol. The second-order valence-corrected chi connectivity index (χ2v) is 9.51. The normalized spacial score (nSPS) is 27.8. The van der Waals surface area contributed by atoms with E-state index in [1.807, 2.05) is 11.4 Å². The fourth-order valence-electron chi connectivity index (χ4n) is 3.88. The van der Waals surface area contributed by atoms with Gasteiger partial charge in [0.2, 0.25) is 0 Å². The van der Waals surface area contributed by atoms with Crippen molar-refractivity contribution < 1.29 is 13.5 Å². The van der Waals surface area contributed by atoms with Gasteiger partial charge in [0.1, 0.15) is 0 Å². The van der Waals surface area contributed by atoms with Crippen molar-refractivity contribution >= 4 is 21.5 Å². The van der Waals surface area contributed by atoms with Gasteiger partial charge in [0.05, 0.1) is 0 Å². The van der Waals surface area contributed by atoms with Gasteiger partial charge in [0.15, 0.2) is 0 Å². The van der Waals surface area contributed by atoms with Crippen LogP contribution in [0.5, 0.6) is 0 Å². The third kappa shape index (κ3) is 3.49. The molecule has 7 heteroatoms. The zero-order chi connectivity index (χ0) is 16.4. The minimum Gasteiger partial charge on any atom is -0.396 e. The van der Waals surface area contributed by atoms with Gasteiger partial charge in [-0.15, -0.1) is 0 Å². The van der Waals surface area contributed by atoms with E-state index in [1.165, 1.54) is 6.42 Å². The van der Waals surface area contributed by atoms with Crippen molar-refractivity contribution in [2.75, 3.05) is 26.7 Å². The Morgan fingerprint density at radius 3 is 2.65 bits per heavy atom. The van der Waals surface area contributed by atoms with Crippen molar-refractivity contribution in [3.05, 3.63) is 22.4 Å². The Labute approximate surface area is 143 Å². The van der Waals surface area contributed by atoms with Crippen LogP contribution in [0.1, 0.15) is 43.6 Å². The quantitative estimate of drug-likeness (QED) is 0.878. The lowest BCUT2D eigenvalue weighted by molar-refractivity contribution is 0.221. The fourth-order valence-corrected chi connectivity index (χ4v) is 6.29. The Morgan fingerprint density at radius 2 is 2.04 bits per heavy atom. The van der Waals surface area contributed by atoms with Crippen LogP contribution in [0, 0.1) is 5.92 Å². The van der Waals surface area contributed by atoms with E-state index < -0.39 is 10.2 Å². The monoisotopic (exact) mass is 358 g/mol. The summed E-state index contributed by atoms with van der Waals surface area (Å²) in [7, 11) is -1.73. The smallest absolute Gasteiger partial charge is 0.282 e. The van der Waals surface area contributed by atoms with E-state index in [4.69, 9.17) is 0 Å². The van der Waals surface area contributed by atoms with Crippen LogP contribution >= 0.6 is 11.3 Å². The molecule has 1 aliphatic heterocycles.